The number of nitrogens with zero attached hydrogens (tertiary/aromatic N) is 2. The van der Waals surface area contributed by atoms with Gasteiger partial charge in [0.25, 0.3) is 0 Å². The van der Waals surface area contributed by atoms with Crippen molar-refractivity contribution in [3.05, 3.63) is 59.0 Å². The molecule has 0 spiro atoms. The summed E-state index contributed by atoms with van der Waals surface area (Å²) >= 11 is 1.31. The third-order valence-corrected chi connectivity index (χ3v) is 3.88. The largest absolute Gasteiger partial charge is 0.504 e. The second kappa shape index (κ2) is 6.63. The van der Waals surface area contributed by atoms with Gasteiger partial charge in [0.15, 0.2) is 17.3 Å². The van der Waals surface area contributed by atoms with Crippen molar-refractivity contribution in [2.24, 2.45) is 5.10 Å². The van der Waals surface area contributed by atoms with Crippen molar-refractivity contribution in [3.8, 4) is 22.8 Å². The van der Waals surface area contributed by atoms with Crippen LogP contribution in [0.25, 0.3) is 11.3 Å². The molecule has 0 aliphatic carbocycles. The third-order valence-electron chi connectivity index (χ3n) is 3.14. The van der Waals surface area contributed by atoms with Gasteiger partial charge in [0, 0.05) is 16.5 Å². The summed E-state index contributed by atoms with van der Waals surface area (Å²) in [5.41, 5.74) is 4.13. The number of rotatable bonds is 4. The van der Waals surface area contributed by atoms with Crippen molar-refractivity contribution in [1.82, 2.24) is 4.98 Å². The van der Waals surface area contributed by atoms with Gasteiger partial charge in [-0.2, -0.15) is 9.49 Å². The molecular formula is C16H11F2N3O2S. The number of hydrazone groups is 1. The highest BCUT2D eigenvalue weighted by molar-refractivity contribution is 7.14. The minimum atomic E-state index is -1.43. The number of thiazole rings is 1. The number of nitrogens with one attached hydrogen (secondary N) is 1. The van der Waals surface area contributed by atoms with Crippen LogP contribution in [-0.4, -0.2) is 21.4 Å². The van der Waals surface area contributed by atoms with Gasteiger partial charge >= 0.3 is 0 Å². The normalized spacial score (nSPS) is 11.1. The van der Waals surface area contributed by atoms with E-state index in [1.807, 2.05) is 35.7 Å². The monoisotopic (exact) mass is 347 g/mol. The van der Waals surface area contributed by atoms with Gasteiger partial charge in [-0.25, -0.2) is 9.37 Å². The molecule has 0 atom stereocenters. The molecule has 0 fully saturated rings. The van der Waals surface area contributed by atoms with Gasteiger partial charge < -0.3 is 10.2 Å². The van der Waals surface area contributed by atoms with E-state index in [9.17, 15) is 13.9 Å². The zero-order chi connectivity index (χ0) is 17.1. The van der Waals surface area contributed by atoms with Crippen molar-refractivity contribution < 1.29 is 19.0 Å². The lowest BCUT2D eigenvalue weighted by molar-refractivity contribution is 0.366. The summed E-state index contributed by atoms with van der Waals surface area (Å²) in [6, 6.07) is 10.3. The number of aromatic nitrogens is 1. The third kappa shape index (κ3) is 3.18. The summed E-state index contributed by atoms with van der Waals surface area (Å²) in [6.07, 6.45) is 1.03. The van der Waals surface area contributed by atoms with Gasteiger partial charge in [0.2, 0.25) is 10.9 Å². The second-order valence-electron chi connectivity index (χ2n) is 4.73. The zero-order valence-corrected chi connectivity index (χ0v) is 12.9. The van der Waals surface area contributed by atoms with Gasteiger partial charge in [0.05, 0.1) is 11.9 Å². The van der Waals surface area contributed by atoms with Crippen LogP contribution in [0.3, 0.4) is 0 Å². The fourth-order valence-electron chi connectivity index (χ4n) is 1.94. The van der Waals surface area contributed by atoms with Crippen molar-refractivity contribution in [3.63, 3.8) is 0 Å². The van der Waals surface area contributed by atoms with Crippen LogP contribution in [0.1, 0.15) is 5.56 Å². The first-order chi connectivity index (χ1) is 11.6. The molecule has 0 bridgehead atoms. The minimum absolute atomic E-state index is 0.213. The molecule has 3 rings (SSSR count). The number of anilines is 1. The lowest BCUT2D eigenvalue weighted by atomic mass is 10.2. The topological polar surface area (TPSA) is 77.7 Å². The van der Waals surface area contributed by atoms with Crippen LogP contribution < -0.4 is 5.43 Å². The Morgan fingerprint density at radius 3 is 2.62 bits per heavy atom. The summed E-state index contributed by atoms with van der Waals surface area (Å²) < 4.78 is 26.6. The number of aromatic hydroxyl groups is 2. The lowest BCUT2D eigenvalue weighted by Crippen LogP contribution is -1.94. The Hall–Kier alpha value is -3.00. The van der Waals surface area contributed by atoms with E-state index in [-0.39, 0.29) is 5.56 Å². The molecule has 0 aliphatic heterocycles. The molecule has 3 aromatic rings. The summed E-state index contributed by atoms with van der Waals surface area (Å²) in [7, 11) is 0. The fraction of sp³-hybridized carbons (Fsp3) is 0. The van der Waals surface area contributed by atoms with E-state index >= 15 is 0 Å². The Labute approximate surface area is 139 Å². The van der Waals surface area contributed by atoms with Crippen LogP contribution in [0, 0.1) is 11.6 Å². The molecule has 0 saturated carbocycles. The Bertz CT molecular complexity index is 898. The molecular weight excluding hydrogens is 336 g/mol. The molecule has 24 heavy (non-hydrogen) atoms. The van der Waals surface area contributed by atoms with E-state index < -0.39 is 23.1 Å². The minimum Gasteiger partial charge on any atom is -0.504 e. The molecule has 122 valence electrons. The number of phenols is 2. The number of halogens is 2. The van der Waals surface area contributed by atoms with E-state index in [0.717, 1.165) is 23.5 Å². The van der Waals surface area contributed by atoms with Crippen LogP contribution in [0.5, 0.6) is 11.5 Å². The molecule has 2 aromatic carbocycles. The van der Waals surface area contributed by atoms with E-state index in [4.69, 9.17) is 5.11 Å². The van der Waals surface area contributed by atoms with Gasteiger partial charge in [-0.15, -0.1) is 11.3 Å². The van der Waals surface area contributed by atoms with Crippen LogP contribution in [0.2, 0.25) is 0 Å². The maximum Gasteiger partial charge on any atom is 0.210 e. The SMILES string of the molecule is Oc1c(F)cc(C=NNc2nc(-c3ccccc3)cs2)c(O)c1F. The fourth-order valence-corrected chi connectivity index (χ4v) is 2.61. The van der Waals surface area contributed by atoms with Crippen LogP contribution in [-0.2, 0) is 0 Å². The molecule has 1 heterocycles. The second-order valence-corrected chi connectivity index (χ2v) is 5.59. The molecule has 5 nitrogen and oxygen atoms in total. The number of phenolic OH excluding ortho intramolecular Hbond substituents is 2. The summed E-state index contributed by atoms with van der Waals surface area (Å²) in [5, 5.41) is 24.7. The Morgan fingerprint density at radius 1 is 1.12 bits per heavy atom. The molecule has 0 aliphatic rings. The average Bonchev–Trinajstić information content (AvgIpc) is 3.07. The maximum absolute atomic E-state index is 13.4. The van der Waals surface area contributed by atoms with E-state index in [2.05, 4.69) is 15.5 Å². The Morgan fingerprint density at radius 2 is 1.88 bits per heavy atom. The first-order valence-electron chi connectivity index (χ1n) is 6.76. The number of hydrogen-bond donors (Lipinski definition) is 3. The van der Waals surface area contributed by atoms with Crippen molar-refractivity contribution in [1.29, 1.82) is 0 Å². The summed E-state index contributed by atoms with van der Waals surface area (Å²) in [4.78, 5) is 4.33. The van der Waals surface area contributed by atoms with Crippen LogP contribution in [0.15, 0.2) is 46.9 Å². The van der Waals surface area contributed by atoms with E-state index in [1.165, 1.54) is 11.3 Å². The van der Waals surface area contributed by atoms with Gasteiger partial charge in [-0.1, -0.05) is 30.3 Å². The zero-order valence-electron chi connectivity index (χ0n) is 12.1. The summed E-state index contributed by atoms with van der Waals surface area (Å²) in [5.74, 6) is -4.74. The van der Waals surface area contributed by atoms with E-state index in [1.54, 1.807) is 0 Å². The first kappa shape index (κ1) is 15.9. The standard InChI is InChI=1S/C16H11F2N3O2S/c17-11-6-10(14(22)13(18)15(11)23)7-19-21-16-20-12(8-24-16)9-4-2-1-3-5-9/h1-8,22-23H,(H,20,21). The predicted molar refractivity (Wildman–Crippen MR) is 88.5 cm³/mol. The molecule has 0 radical (unpaired) electrons. The molecule has 8 heteroatoms. The highest BCUT2D eigenvalue weighted by atomic mass is 32.1. The first-order valence-corrected chi connectivity index (χ1v) is 7.64. The van der Waals surface area contributed by atoms with Crippen LogP contribution in [0.4, 0.5) is 13.9 Å². The molecule has 0 unspecified atom stereocenters. The van der Waals surface area contributed by atoms with Crippen molar-refractivity contribution in [2.75, 3.05) is 5.43 Å². The highest BCUT2D eigenvalue weighted by Crippen LogP contribution is 2.30. The average molecular weight is 347 g/mol. The summed E-state index contributed by atoms with van der Waals surface area (Å²) in [6.45, 7) is 0. The predicted octanol–water partition coefficient (Wildman–Crippen LogP) is 3.95. The maximum atomic E-state index is 13.4. The van der Waals surface area contributed by atoms with Gasteiger partial charge in [-0.05, 0) is 6.07 Å². The smallest absolute Gasteiger partial charge is 0.210 e. The van der Waals surface area contributed by atoms with Gasteiger partial charge in [0.1, 0.15) is 0 Å². The van der Waals surface area contributed by atoms with Crippen molar-refractivity contribution in [2.45, 2.75) is 0 Å². The molecule has 3 N–H and O–H groups in total. The van der Waals surface area contributed by atoms with Gasteiger partial charge in [-0.3, -0.25) is 5.43 Å². The quantitative estimate of drug-likeness (QED) is 0.493. The lowest BCUT2D eigenvalue weighted by Gasteiger charge is -2.03. The Balaban J connectivity index is 1.75. The molecule has 0 saturated heterocycles. The van der Waals surface area contributed by atoms with Crippen LogP contribution >= 0.6 is 11.3 Å². The number of hydrogen-bond acceptors (Lipinski definition) is 6. The number of benzene rings is 2. The van der Waals surface area contributed by atoms with E-state index in [0.29, 0.717) is 5.13 Å². The Kier molecular flexibility index (Phi) is 4.39. The highest BCUT2D eigenvalue weighted by Gasteiger charge is 2.16. The van der Waals surface area contributed by atoms with Crippen molar-refractivity contribution >= 4 is 22.7 Å². The molecule has 0 amide bonds. The molecule has 1 aromatic heterocycles.